The van der Waals surface area contributed by atoms with E-state index in [1.54, 1.807) is 12.1 Å². The molecular formula is C15H13N5O4. The fourth-order valence-electron chi connectivity index (χ4n) is 1.95. The summed E-state index contributed by atoms with van der Waals surface area (Å²) in [7, 11) is 1.47. The van der Waals surface area contributed by atoms with E-state index in [1.807, 2.05) is 0 Å². The van der Waals surface area contributed by atoms with Crippen LogP contribution < -0.4 is 15.6 Å². The first-order valence-corrected chi connectivity index (χ1v) is 6.95. The Morgan fingerprint density at radius 1 is 1.38 bits per heavy atom. The first kappa shape index (κ1) is 15.4. The largest absolute Gasteiger partial charge is 0.481 e. The summed E-state index contributed by atoms with van der Waals surface area (Å²) < 4.78 is 10.0. The zero-order chi connectivity index (χ0) is 16.9. The monoisotopic (exact) mass is 327 g/mol. The number of rotatable bonds is 5. The Labute approximate surface area is 135 Å². The lowest BCUT2D eigenvalue weighted by molar-refractivity contribution is 0.0945. The summed E-state index contributed by atoms with van der Waals surface area (Å²) >= 11 is 0. The van der Waals surface area contributed by atoms with E-state index in [-0.39, 0.29) is 29.7 Å². The minimum Gasteiger partial charge on any atom is -0.481 e. The van der Waals surface area contributed by atoms with Crippen LogP contribution in [0, 0.1) is 0 Å². The molecule has 0 aromatic carbocycles. The lowest BCUT2D eigenvalue weighted by atomic mass is 10.2. The second kappa shape index (κ2) is 6.73. The molecule has 3 heterocycles. The molecule has 1 amide bonds. The van der Waals surface area contributed by atoms with E-state index in [1.165, 1.54) is 31.6 Å². The maximum Gasteiger partial charge on any atom is 0.251 e. The Morgan fingerprint density at radius 2 is 2.25 bits per heavy atom. The van der Waals surface area contributed by atoms with Gasteiger partial charge in [-0.15, -0.1) is 0 Å². The number of ether oxygens (including phenoxy) is 1. The molecule has 3 aromatic rings. The predicted octanol–water partition coefficient (Wildman–Crippen LogP) is 0.759. The van der Waals surface area contributed by atoms with Gasteiger partial charge in [0.25, 0.3) is 5.91 Å². The molecule has 3 aromatic heterocycles. The van der Waals surface area contributed by atoms with E-state index in [0.29, 0.717) is 17.0 Å². The van der Waals surface area contributed by atoms with Gasteiger partial charge in [-0.05, 0) is 12.1 Å². The van der Waals surface area contributed by atoms with Crippen LogP contribution in [-0.2, 0) is 6.54 Å². The molecule has 0 fully saturated rings. The van der Waals surface area contributed by atoms with Crippen molar-refractivity contribution in [3.63, 3.8) is 0 Å². The fourth-order valence-corrected chi connectivity index (χ4v) is 1.95. The van der Waals surface area contributed by atoms with Crippen molar-refractivity contribution in [1.29, 1.82) is 0 Å². The Hall–Kier alpha value is -3.49. The molecule has 0 aliphatic heterocycles. The van der Waals surface area contributed by atoms with Gasteiger partial charge in [-0.1, -0.05) is 5.16 Å². The van der Waals surface area contributed by atoms with Crippen molar-refractivity contribution in [2.24, 2.45) is 0 Å². The predicted molar refractivity (Wildman–Crippen MR) is 82.3 cm³/mol. The van der Waals surface area contributed by atoms with Gasteiger partial charge >= 0.3 is 0 Å². The van der Waals surface area contributed by atoms with Gasteiger partial charge < -0.3 is 19.6 Å². The van der Waals surface area contributed by atoms with Crippen molar-refractivity contribution in [3.8, 4) is 17.3 Å². The van der Waals surface area contributed by atoms with E-state index >= 15 is 0 Å². The second-order valence-corrected chi connectivity index (χ2v) is 4.72. The summed E-state index contributed by atoms with van der Waals surface area (Å²) in [5.41, 5.74) is 0.661. The third-order valence-electron chi connectivity index (χ3n) is 3.11. The van der Waals surface area contributed by atoms with E-state index in [9.17, 15) is 9.59 Å². The standard InChI is InChI=1S/C15H13N5O4/c1-23-12-7-10(3-5-17-12)15(22)18-8-13-19-14(20-24-13)9-2-4-16-11(21)6-9/h2-7H,8H2,1H3,(H,16,21)(H,18,22). The molecule has 3 rings (SSSR count). The number of aromatic amines is 1. The summed E-state index contributed by atoms with van der Waals surface area (Å²) in [6.07, 6.45) is 2.97. The number of carbonyl (C=O) groups excluding carboxylic acids is 1. The summed E-state index contributed by atoms with van der Waals surface area (Å²) in [5, 5.41) is 6.44. The van der Waals surface area contributed by atoms with Crippen LogP contribution >= 0.6 is 0 Å². The average molecular weight is 327 g/mol. The maximum atomic E-state index is 12.1. The lowest BCUT2D eigenvalue weighted by Crippen LogP contribution is -2.23. The number of hydrogen-bond acceptors (Lipinski definition) is 7. The van der Waals surface area contributed by atoms with Gasteiger partial charge in [-0.25, -0.2) is 4.98 Å². The highest BCUT2D eigenvalue weighted by Gasteiger charge is 2.12. The highest BCUT2D eigenvalue weighted by atomic mass is 16.5. The summed E-state index contributed by atoms with van der Waals surface area (Å²) in [6, 6.07) is 6.09. The quantitative estimate of drug-likeness (QED) is 0.709. The van der Waals surface area contributed by atoms with Gasteiger partial charge in [0.2, 0.25) is 23.2 Å². The Morgan fingerprint density at radius 3 is 3.04 bits per heavy atom. The number of nitrogens with one attached hydrogen (secondary N) is 2. The zero-order valence-electron chi connectivity index (χ0n) is 12.6. The van der Waals surface area contributed by atoms with Crippen molar-refractivity contribution in [2.75, 3.05) is 7.11 Å². The van der Waals surface area contributed by atoms with Gasteiger partial charge in [-0.2, -0.15) is 4.98 Å². The topological polar surface area (TPSA) is 123 Å². The van der Waals surface area contributed by atoms with Crippen molar-refractivity contribution in [1.82, 2.24) is 25.4 Å². The SMILES string of the molecule is COc1cc(C(=O)NCc2nc(-c3cc[nH]c(=O)c3)no2)ccn1. The second-order valence-electron chi connectivity index (χ2n) is 4.72. The third kappa shape index (κ3) is 3.46. The van der Waals surface area contributed by atoms with Crippen LogP contribution in [0.15, 0.2) is 46.0 Å². The van der Waals surface area contributed by atoms with Crippen LogP contribution in [0.4, 0.5) is 0 Å². The van der Waals surface area contributed by atoms with Crippen molar-refractivity contribution in [2.45, 2.75) is 6.54 Å². The summed E-state index contributed by atoms with van der Waals surface area (Å²) in [4.78, 5) is 33.9. The minimum absolute atomic E-state index is 0.0552. The smallest absolute Gasteiger partial charge is 0.251 e. The molecule has 9 heteroatoms. The van der Waals surface area contributed by atoms with Crippen LogP contribution in [0.3, 0.4) is 0 Å². The molecule has 9 nitrogen and oxygen atoms in total. The molecule has 0 saturated heterocycles. The Bertz CT molecular complexity index is 918. The van der Waals surface area contributed by atoms with Crippen LogP contribution in [0.1, 0.15) is 16.2 Å². The van der Waals surface area contributed by atoms with E-state index in [0.717, 1.165) is 0 Å². The average Bonchev–Trinajstić information content (AvgIpc) is 3.09. The highest BCUT2D eigenvalue weighted by molar-refractivity contribution is 5.94. The molecule has 2 N–H and O–H groups in total. The maximum absolute atomic E-state index is 12.1. The highest BCUT2D eigenvalue weighted by Crippen LogP contribution is 2.13. The van der Waals surface area contributed by atoms with Crippen molar-refractivity contribution < 1.29 is 14.1 Å². The summed E-state index contributed by atoms with van der Waals surface area (Å²) in [6.45, 7) is 0.0552. The first-order chi connectivity index (χ1) is 11.7. The lowest BCUT2D eigenvalue weighted by Gasteiger charge is -2.03. The Balaban J connectivity index is 1.67. The zero-order valence-corrected chi connectivity index (χ0v) is 12.6. The van der Waals surface area contributed by atoms with Crippen LogP contribution in [-0.4, -0.2) is 33.1 Å². The van der Waals surface area contributed by atoms with Crippen LogP contribution in [0.5, 0.6) is 5.88 Å². The van der Waals surface area contributed by atoms with Gasteiger partial charge in [-0.3, -0.25) is 9.59 Å². The minimum atomic E-state index is -0.327. The Kier molecular flexibility index (Phi) is 4.32. The number of methoxy groups -OCH3 is 1. The number of H-pyrrole nitrogens is 1. The molecule has 122 valence electrons. The number of carbonyl (C=O) groups is 1. The molecule has 0 unspecified atom stereocenters. The van der Waals surface area contributed by atoms with E-state index < -0.39 is 0 Å². The molecule has 24 heavy (non-hydrogen) atoms. The van der Waals surface area contributed by atoms with Gasteiger partial charge in [0.15, 0.2) is 0 Å². The number of pyridine rings is 2. The molecule has 0 bridgehead atoms. The molecule has 0 atom stereocenters. The molecule has 0 aliphatic rings. The molecule has 0 radical (unpaired) electrons. The summed E-state index contributed by atoms with van der Waals surface area (Å²) in [5.74, 6) is 0.513. The van der Waals surface area contributed by atoms with Crippen molar-refractivity contribution >= 4 is 5.91 Å². The van der Waals surface area contributed by atoms with Crippen molar-refractivity contribution in [3.05, 3.63) is 58.5 Å². The number of aromatic nitrogens is 4. The first-order valence-electron chi connectivity index (χ1n) is 6.95. The normalized spacial score (nSPS) is 10.4. The van der Waals surface area contributed by atoms with Gasteiger partial charge in [0.05, 0.1) is 13.7 Å². The van der Waals surface area contributed by atoms with Gasteiger partial charge in [0.1, 0.15) is 0 Å². The third-order valence-corrected chi connectivity index (χ3v) is 3.11. The number of nitrogens with zero attached hydrogens (tertiary/aromatic N) is 3. The molecule has 0 spiro atoms. The van der Waals surface area contributed by atoms with Gasteiger partial charge in [0, 0.05) is 35.7 Å². The fraction of sp³-hybridized carbons (Fsp3) is 0.133. The van der Waals surface area contributed by atoms with E-state index in [4.69, 9.17) is 9.26 Å². The number of amides is 1. The van der Waals surface area contributed by atoms with Crippen LogP contribution in [0.25, 0.3) is 11.4 Å². The molecule has 0 saturated carbocycles. The molecular weight excluding hydrogens is 314 g/mol. The molecule has 0 aliphatic carbocycles. The number of hydrogen-bond donors (Lipinski definition) is 2. The van der Waals surface area contributed by atoms with E-state index in [2.05, 4.69) is 25.4 Å². The van der Waals surface area contributed by atoms with Crippen LogP contribution in [0.2, 0.25) is 0 Å².